The van der Waals surface area contributed by atoms with E-state index < -0.39 is 5.97 Å². The highest BCUT2D eigenvalue weighted by molar-refractivity contribution is 7.18. The monoisotopic (exact) mass is 229 g/mol. The van der Waals surface area contributed by atoms with Gasteiger partial charge in [-0.25, -0.2) is 9.78 Å². The molecule has 0 aliphatic rings. The first-order valence-corrected chi connectivity index (χ1v) is 4.51. The maximum Gasteiger partial charge on any atom is 0.359 e. The van der Waals surface area contributed by atoms with E-state index in [0.717, 1.165) is 11.3 Å². The van der Waals surface area contributed by atoms with Crippen LogP contribution in [0.4, 0.5) is 5.13 Å². The smallest absolute Gasteiger partial charge is 0.359 e. The minimum absolute atomic E-state index is 0.256. The van der Waals surface area contributed by atoms with E-state index in [2.05, 4.69) is 20.3 Å². The topological polar surface area (TPSA) is 101 Å². The summed E-state index contributed by atoms with van der Waals surface area (Å²) in [5, 5.41) is 14.7. The van der Waals surface area contributed by atoms with E-state index in [-0.39, 0.29) is 5.71 Å². The van der Waals surface area contributed by atoms with Crippen LogP contribution >= 0.6 is 11.3 Å². The lowest BCUT2D eigenvalue weighted by Crippen LogP contribution is -2.13. The summed E-state index contributed by atoms with van der Waals surface area (Å²) >= 11 is 0.989. The highest BCUT2D eigenvalue weighted by Crippen LogP contribution is 2.18. The van der Waals surface area contributed by atoms with Gasteiger partial charge < -0.3 is 15.3 Å². The van der Waals surface area contributed by atoms with Crippen molar-refractivity contribution in [2.75, 3.05) is 12.4 Å². The minimum Gasteiger partial charge on any atom is -0.476 e. The zero-order valence-corrected chi connectivity index (χ0v) is 8.45. The van der Waals surface area contributed by atoms with Gasteiger partial charge in [-0.1, -0.05) is 16.5 Å². The second-order valence-electron chi connectivity index (χ2n) is 2.22. The fraction of sp³-hybridized carbons (Fsp3) is 0.143. The van der Waals surface area contributed by atoms with Crippen molar-refractivity contribution in [1.29, 1.82) is 0 Å². The number of nitrogens with one attached hydrogen (secondary N) is 1. The fourth-order valence-corrected chi connectivity index (χ4v) is 1.53. The molecule has 8 heteroatoms. The van der Waals surface area contributed by atoms with Crippen LogP contribution in [0.2, 0.25) is 0 Å². The van der Waals surface area contributed by atoms with Crippen molar-refractivity contribution in [2.45, 2.75) is 0 Å². The number of thiazole rings is 1. The zero-order valence-electron chi connectivity index (χ0n) is 7.63. The Kier molecular flexibility index (Phi) is 3.75. The number of aliphatic carboxylic acids is 1. The second kappa shape index (κ2) is 5.05. The summed E-state index contributed by atoms with van der Waals surface area (Å²) in [5.41, 5.74) is -0.256. The highest BCUT2D eigenvalue weighted by atomic mass is 32.1. The van der Waals surface area contributed by atoms with Crippen molar-refractivity contribution >= 4 is 34.6 Å². The molecule has 0 saturated heterocycles. The van der Waals surface area contributed by atoms with Crippen LogP contribution in [0.5, 0.6) is 0 Å². The zero-order chi connectivity index (χ0) is 11.3. The molecule has 80 valence electrons. The molecule has 0 radical (unpaired) electrons. The van der Waals surface area contributed by atoms with E-state index in [4.69, 9.17) is 5.11 Å². The van der Waals surface area contributed by atoms with Crippen LogP contribution in [0.1, 0.15) is 4.88 Å². The van der Waals surface area contributed by atoms with Crippen molar-refractivity contribution in [1.82, 2.24) is 4.98 Å². The van der Waals surface area contributed by atoms with Gasteiger partial charge in [0.2, 0.25) is 12.1 Å². The standard InChI is InChI=1S/C7H7N3O4S/c1-14-10-5(6(12)13)4-2-8-7(15-4)9-3-11/h2-3H,1H3,(H,12,13)(H,8,9,11). The predicted molar refractivity (Wildman–Crippen MR) is 53.0 cm³/mol. The van der Waals surface area contributed by atoms with Crippen molar-refractivity contribution < 1.29 is 19.5 Å². The quantitative estimate of drug-likeness (QED) is 0.425. The SMILES string of the molecule is CON=C(C(=O)O)c1cnc(NC=O)s1. The molecule has 0 aliphatic heterocycles. The molecule has 2 N–H and O–H groups in total. The van der Waals surface area contributed by atoms with E-state index in [1.54, 1.807) is 0 Å². The number of rotatable bonds is 5. The number of carbonyl (C=O) groups is 2. The third-order valence-electron chi connectivity index (χ3n) is 1.31. The fourth-order valence-electron chi connectivity index (χ4n) is 0.781. The summed E-state index contributed by atoms with van der Waals surface area (Å²) in [7, 11) is 1.24. The van der Waals surface area contributed by atoms with Gasteiger partial charge in [-0.3, -0.25) is 4.79 Å². The molecule has 7 nitrogen and oxygen atoms in total. The first-order valence-electron chi connectivity index (χ1n) is 3.70. The Labute approximate surface area is 88.4 Å². The summed E-state index contributed by atoms with van der Waals surface area (Å²) in [6.45, 7) is 0. The van der Waals surface area contributed by atoms with Gasteiger partial charge in [-0.15, -0.1) is 0 Å². The second-order valence-corrected chi connectivity index (χ2v) is 3.25. The molecule has 0 saturated carbocycles. The van der Waals surface area contributed by atoms with Gasteiger partial charge in [-0.2, -0.15) is 0 Å². The highest BCUT2D eigenvalue weighted by Gasteiger charge is 2.16. The Balaban J connectivity index is 2.97. The summed E-state index contributed by atoms with van der Waals surface area (Å²) in [5.74, 6) is -1.22. The van der Waals surface area contributed by atoms with Gasteiger partial charge in [0.05, 0.1) is 11.1 Å². The van der Waals surface area contributed by atoms with E-state index in [1.807, 2.05) is 0 Å². The van der Waals surface area contributed by atoms with E-state index >= 15 is 0 Å². The molecule has 0 spiro atoms. The van der Waals surface area contributed by atoms with E-state index in [9.17, 15) is 9.59 Å². The van der Waals surface area contributed by atoms with Crippen molar-refractivity contribution in [2.24, 2.45) is 5.16 Å². The lowest BCUT2D eigenvalue weighted by molar-refractivity contribution is -0.129. The van der Waals surface area contributed by atoms with Gasteiger partial charge in [0.15, 0.2) is 5.13 Å². The van der Waals surface area contributed by atoms with Crippen LogP contribution in [0.3, 0.4) is 0 Å². The third kappa shape index (κ3) is 2.74. The maximum absolute atomic E-state index is 10.7. The number of amides is 1. The molecular formula is C7H7N3O4S. The molecular weight excluding hydrogens is 222 g/mol. The van der Waals surface area contributed by atoms with Gasteiger partial charge in [-0.05, 0) is 0 Å². The van der Waals surface area contributed by atoms with Crippen LogP contribution in [0.15, 0.2) is 11.4 Å². The molecule has 0 unspecified atom stereocenters. The Hall–Kier alpha value is -1.96. The van der Waals surface area contributed by atoms with Crippen LogP contribution < -0.4 is 5.32 Å². The summed E-state index contributed by atoms with van der Waals surface area (Å²) in [6, 6.07) is 0. The average molecular weight is 229 g/mol. The molecule has 0 aliphatic carbocycles. The molecule has 1 aromatic rings. The molecule has 1 heterocycles. The number of aromatic nitrogens is 1. The molecule has 0 bridgehead atoms. The number of hydrogen-bond acceptors (Lipinski definition) is 6. The lowest BCUT2D eigenvalue weighted by Gasteiger charge is -1.94. The van der Waals surface area contributed by atoms with Crippen molar-refractivity contribution in [3.63, 3.8) is 0 Å². The Morgan fingerprint density at radius 3 is 3.07 bits per heavy atom. The molecule has 1 aromatic heterocycles. The summed E-state index contributed by atoms with van der Waals surface area (Å²) < 4.78 is 0. The van der Waals surface area contributed by atoms with Gasteiger partial charge >= 0.3 is 5.97 Å². The lowest BCUT2D eigenvalue weighted by atomic mass is 10.3. The third-order valence-corrected chi connectivity index (χ3v) is 2.24. The van der Waals surface area contributed by atoms with Crippen molar-refractivity contribution in [3.8, 4) is 0 Å². The maximum atomic E-state index is 10.7. The number of anilines is 1. The molecule has 1 amide bonds. The minimum atomic E-state index is -1.22. The van der Waals surface area contributed by atoms with Crippen LogP contribution in [-0.4, -0.2) is 35.3 Å². The van der Waals surface area contributed by atoms with Crippen LogP contribution in [-0.2, 0) is 14.4 Å². The summed E-state index contributed by atoms with van der Waals surface area (Å²) in [6.07, 6.45) is 1.75. The molecule has 15 heavy (non-hydrogen) atoms. The number of oxime groups is 1. The Morgan fingerprint density at radius 2 is 2.53 bits per heavy atom. The Morgan fingerprint density at radius 1 is 1.80 bits per heavy atom. The number of hydrogen-bond donors (Lipinski definition) is 2. The van der Waals surface area contributed by atoms with Crippen LogP contribution in [0, 0.1) is 0 Å². The Bertz CT molecular complexity index is 401. The largest absolute Gasteiger partial charge is 0.476 e. The molecule has 1 rings (SSSR count). The molecule has 0 aromatic carbocycles. The summed E-state index contributed by atoms with van der Waals surface area (Å²) in [4.78, 5) is 29.3. The number of carboxylic acid groups (broad SMARTS) is 1. The average Bonchev–Trinajstić information content (AvgIpc) is 2.62. The number of nitrogens with zero attached hydrogens (tertiary/aromatic N) is 2. The van der Waals surface area contributed by atoms with Gasteiger partial charge in [0, 0.05) is 0 Å². The first-order chi connectivity index (χ1) is 7.19. The van der Waals surface area contributed by atoms with Crippen molar-refractivity contribution in [3.05, 3.63) is 11.1 Å². The molecule has 0 atom stereocenters. The molecule has 0 fully saturated rings. The van der Waals surface area contributed by atoms with E-state index in [0.29, 0.717) is 16.4 Å². The predicted octanol–water partition coefficient (Wildman–Crippen LogP) is 0.147. The van der Waals surface area contributed by atoms with E-state index in [1.165, 1.54) is 13.3 Å². The number of carbonyl (C=O) groups excluding carboxylic acids is 1. The number of carboxylic acids is 1. The van der Waals surface area contributed by atoms with Gasteiger partial charge in [0.25, 0.3) is 0 Å². The normalized spacial score (nSPS) is 10.9. The van der Waals surface area contributed by atoms with Crippen LogP contribution in [0.25, 0.3) is 0 Å². The first kappa shape index (κ1) is 11.1. The van der Waals surface area contributed by atoms with Gasteiger partial charge in [0.1, 0.15) is 7.11 Å².